The van der Waals surface area contributed by atoms with Crippen molar-refractivity contribution in [2.75, 3.05) is 0 Å². The zero-order valence-electron chi connectivity index (χ0n) is 9.23. The fraction of sp³-hybridized carbons (Fsp3) is 0.400. The lowest BCUT2D eigenvalue weighted by molar-refractivity contribution is -0.141. The van der Waals surface area contributed by atoms with Gasteiger partial charge in [-0.25, -0.2) is 4.79 Å². The molecular formula is C10H12BrNO4S. The maximum atomic E-state index is 11.7. The summed E-state index contributed by atoms with van der Waals surface area (Å²) in [6.45, 7) is 3.15. The molecule has 17 heavy (non-hydrogen) atoms. The van der Waals surface area contributed by atoms with E-state index in [0.29, 0.717) is 4.88 Å². The summed E-state index contributed by atoms with van der Waals surface area (Å²) in [7, 11) is 0. The Kier molecular flexibility index (Phi) is 4.67. The lowest BCUT2D eigenvalue weighted by Gasteiger charge is -2.16. The van der Waals surface area contributed by atoms with Crippen molar-refractivity contribution >= 4 is 39.1 Å². The monoisotopic (exact) mass is 321 g/mol. The van der Waals surface area contributed by atoms with E-state index in [4.69, 9.17) is 5.11 Å². The molecule has 1 rings (SSSR count). The molecule has 0 bridgehead atoms. The van der Waals surface area contributed by atoms with Crippen LogP contribution in [-0.2, 0) is 4.79 Å². The third kappa shape index (κ3) is 3.52. The van der Waals surface area contributed by atoms with Crippen molar-refractivity contribution in [1.82, 2.24) is 5.32 Å². The molecule has 1 heterocycles. The topological polar surface area (TPSA) is 86.6 Å². The Morgan fingerprint density at radius 3 is 2.47 bits per heavy atom. The Hall–Kier alpha value is -0.920. The number of amides is 1. The van der Waals surface area contributed by atoms with Crippen LogP contribution >= 0.6 is 27.3 Å². The van der Waals surface area contributed by atoms with E-state index in [1.54, 1.807) is 6.07 Å². The SMILES string of the molecule is Cc1cc(C(=O)NC(C(=O)O)C(C)O)sc1Br. The zero-order valence-corrected chi connectivity index (χ0v) is 11.6. The van der Waals surface area contributed by atoms with Crippen LogP contribution in [0.2, 0.25) is 0 Å². The number of carbonyl (C=O) groups excluding carboxylic acids is 1. The van der Waals surface area contributed by atoms with Crippen LogP contribution in [0.4, 0.5) is 0 Å². The van der Waals surface area contributed by atoms with Gasteiger partial charge in [-0.05, 0) is 41.4 Å². The number of halogens is 1. The van der Waals surface area contributed by atoms with Crippen LogP contribution in [0.1, 0.15) is 22.2 Å². The molecule has 1 amide bonds. The van der Waals surface area contributed by atoms with Crippen molar-refractivity contribution in [2.24, 2.45) is 0 Å². The Labute approximate surface area is 111 Å². The van der Waals surface area contributed by atoms with Gasteiger partial charge < -0.3 is 15.5 Å². The molecule has 2 atom stereocenters. The lowest BCUT2D eigenvalue weighted by Crippen LogP contribution is -2.47. The minimum atomic E-state index is -1.30. The number of hydrogen-bond acceptors (Lipinski definition) is 4. The van der Waals surface area contributed by atoms with Crippen molar-refractivity contribution in [3.8, 4) is 0 Å². The first-order valence-corrected chi connectivity index (χ1v) is 6.41. The molecule has 3 N–H and O–H groups in total. The predicted octanol–water partition coefficient (Wildman–Crippen LogP) is 1.38. The number of aliphatic hydroxyl groups is 1. The number of aryl methyl sites for hydroxylation is 1. The highest BCUT2D eigenvalue weighted by atomic mass is 79.9. The third-order valence-corrected chi connectivity index (χ3v) is 4.25. The van der Waals surface area contributed by atoms with Crippen molar-refractivity contribution in [3.63, 3.8) is 0 Å². The summed E-state index contributed by atoms with van der Waals surface area (Å²) >= 11 is 4.50. The second kappa shape index (κ2) is 5.61. The smallest absolute Gasteiger partial charge is 0.328 e. The van der Waals surface area contributed by atoms with Crippen molar-refractivity contribution in [2.45, 2.75) is 26.0 Å². The number of aliphatic carboxylic acids is 1. The molecule has 0 saturated carbocycles. The first-order valence-electron chi connectivity index (χ1n) is 4.80. The van der Waals surface area contributed by atoms with Gasteiger partial charge in [-0.3, -0.25) is 4.79 Å². The van der Waals surface area contributed by atoms with E-state index in [-0.39, 0.29) is 0 Å². The molecule has 2 unspecified atom stereocenters. The van der Waals surface area contributed by atoms with Crippen LogP contribution in [0.15, 0.2) is 9.85 Å². The van der Waals surface area contributed by atoms with Crippen molar-refractivity contribution < 1.29 is 19.8 Å². The van der Waals surface area contributed by atoms with Gasteiger partial charge in [0.25, 0.3) is 5.91 Å². The van der Waals surface area contributed by atoms with Gasteiger partial charge in [0.05, 0.1) is 14.8 Å². The first-order chi connectivity index (χ1) is 7.82. The van der Waals surface area contributed by atoms with Crippen LogP contribution < -0.4 is 5.32 Å². The first kappa shape index (κ1) is 14.1. The summed E-state index contributed by atoms with van der Waals surface area (Å²) < 4.78 is 0.826. The predicted molar refractivity (Wildman–Crippen MR) is 67.3 cm³/mol. The standard InChI is InChI=1S/C10H12BrNO4S/c1-4-3-6(17-8(4)11)9(14)12-7(5(2)13)10(15)16/h3,5,7,13H,1-2H3,(H,12,14)(H,15,16). The highest BCUT2D eigenvalue weighted by Crippen LogP contribution is 2.27. The van der Waals surface area contributed by atoms with Gasteiger partial charge in [-0.15, -0.1) is 11.3 Å². The molecular weight excluding hydrogens is 310 g/mol. The summed E-state index contributed by atoms with van der Waals surface area (Å²) in [5.74, 6) is -1.77. The summed E-state index contributed by atoms with van der Waals surface area (Å²) in [6.07, 6.45) is -1.15. The molecule has 0 aliphatic carbocycles. The van der Waals surface area contributed by atoms with E-state index >= 15 is 0 Å². The number of thiophene rings is 1. The average molecular weight is 322 g/mol. The molecule has 94 valence electrons. The minimum absolute atomic E-state index is 0.404. The van der Waals surface area contributed by atoms with Gasteiger partial charge >= 0.3 is 5.97 Å². The molecule has 1 aromatic heterocycles. The molecule has 0 spiro atoms. The van der Waals surface area contributed by atoms with E-state index in [1.807, 2.05) is 6.92 Å². The van der Waals surface area contributed by atoms with E-state index < -0.39 is 24.0 Å². The second-order valence-electron chi connectivity index (χ2n) is 3.60. The van der Waals surface area contributed by atoms with Crippen LogP contribution in [0.5, 0.6) is 0 Å². The van der Waals surface area contributed by atoms with Crippen molar-refractivity contribution in [3.05, 3.63) is 20.3 Å². The van der Waals surface area contributed by atoms with Crippen LogP contribution in [0, 0.1) is 6.92 Å². The van der Waals surface area contributed by atoms with Gasteiger partial charge in [0.15, 0.2) is 6.04 Å². The number of hydrogen-bond donors (Lipinski definition) is 3. The number of rotatable bonds is 4. The molecule has 0 aliphatic heterocycles. The third-order valence-electron chi connectivity index (χ3n) is 2.12. The molecule has 5 nitrogen and oxygen atoms in total. The summed E-state index contributed by atoms with van der Waals surface area (Å²) in [5, 5.41) is 20.3. The molecule has 0 radical (unpaired) electrons. The largest absolute Gasteiger partial charge is 0.480 e. The van der Waals surface area contributed by atoms with Gasteiger partial charge in [0.1, 0.15) is 0 Å². The van der Waals surface area contributed by atoms with Gasteiger partial charge in [-0.1, -0.05) is 0 Å². The normalized spacial score (nSPS) is 14.1. The number of aliphatic hydroxyl groups excluding tert-OH is 1. The minimum Gasteiger partial charge on any atom is -0.480 e. The molecule has 1 aromatic rings. The number of carboxylic acids is 1. The van der Waals surface area contributed by atoms with E-state index in [9.17, 15) is 14.7 Å². The zero-order chi connectivity index (χ0) is 13.2. The highest BCUT2D eigenvalue weighted by Gasteiger charge is 2.26. The number of carbonyl (C=O) groups is 2. The van der Waals surface area contributed by atoms with Gasteiger partial charge in [0.2, 0.25) is 0 Å². The van der Waals surface area contributed by atoms with Gasteiger partial charge in [0, 0.05) is 0 Å². The molecule has 0 fully saturated rings. The molecule has 0 aliphatic rings. The van der Waals surface area contributed by atoms with Gasteiger partial charge in [-0.2, -0.15) is 0 Å². The summed E-state index contributed by atoms with van der Waals surface area (Å²) in [4.78, 5) is 22.9. The maximum absolute atomic E-state index is 11.7. The Morgan fingerprint density at radius 1 is 1.53 bits per heavy atom. The average Bonchev–Trinajstić information content (AvgIpc) is 2.54. The van der Waals surface area contributed by atoms with Crippen LogP contribution in [-0.4, -0.2) is 34.2 Å². The van der Waals surface area contributed by atoms with Crippen LogP contribution in [0.25, 0.3) is 0 Å². The fourth-order valence-electron chi connectivity index (χ4n) is 1.17. The number of nitrogens with one attached hydrogen (secondary N) is 1. The Morgan fingerprint density at radius 2 is 2.12 bits per heavy atom. The highest BCUT2D eigenvalue weighted by molar-refractivity contribution is 9.11. The van der Waals surface area contributed by atoms with E-state index in [1.165, 1.54) is 18.3 Å². The fourth-order valence-corrected chi connectivity index (χ4v) is 2.61. The molecule has 0 aromatic carbocycles. The lowest BCUT2D eigenvalue weighted by atomic mass is 10.2. The Bertz CT molecular complexity index is 424. The quantitative estimate of drug-likeness (QED) is 0.782. The molecule has 0 saturated heterocycles. The summed E-state index contributed by atoms with van der Waals surface area (Å²) in [5.41, 5.74) is 0.907. The van der Waals surface area contributed by atoms with E-state index in [2.05, 4.69) is 21.2 Å². The maximum Gasteiger partial charge on any atom is 0.328 e. The molecule has 7 heteroatoms. The second-order valence-corrected chi connectivity index (χ2v) is 5.97. The van der Waals surface area contributed by atoms with Crippen molar-refractivity contribution in [1.29, 1.82) is 0 Å². The number of carboxylic acid groups (broad SMARTS) is 1. The Balaban J connectivity index is 2.81. The van der Waals surface area contributed by atoms with E-state index in [0.717, 1.165) is 9.35 Å². The van der Waals surface area contributed by atoms with Crippen LogP contribution in [0.3, 0.4) is 0 Å². The summed E-state index contributed by atoms with van der Waals surface area (Å²) in [6, 6.07) is 0.356.